The molecule has 6 heteroatoms. The third-order valence-corrected chi connectivity index (χ3v) is 6.06. The molecule has 0 radical (unpaired) electrons. The fourth-order valence-electron chi connectivity index (χ4n) is 3.80. The van der Waals surface area contributed by atoms with Crippen molar-refractivity contribution in [3.05, 3.63) is 58.1 Å². The molecule has 2 aromatic carbocycles. The number of hydrogen-bond donors (Lipinski definition) is 0. The molecule has 27 heavy (non-hydrogen) atoms. The lowest BCUT2D eigenvalue weighted by atomic mass is 9.82. The Balaban J connectivity index is 1.51. The van der Waals surface area contributed by atoms with E-state index in [1.165, 1.54) is 0 Å². The summed E-state index contributed by atoms with van der Waals surface area (Å²) in [6.45, 7) is 1.12. The minimum Gasteiger partial charge on any atom is -0.497 e. The number of likely N-dealkylation sites (tertiary alicyclic amines) is 1. The number of nitrogens with zero attached hydrogens (tertiary/aromatic N) is 1. The van der Waals surface area contributed by atoms with Crippen LogP contribution in [-0.4, -0.2) is 42.4 Å². The van der Waals surface area contributed by atoms with Crippen molar-refractivity contribution < 1.29 is 19.1 Å². The van der Waals surface area contributed by atoms with Crippen molar-refractivity contribution in [3.8, 4) is 11.5 Å². The van der Waals surface area contributed by atoms with Gasteiger partial charge in [-0.1, -0.05) is 12.1 Å². The molecule has 1 amide bonds. The second kappa shape index (κ2) is 7.00. The van der Waals surface area contributed by atoms with Crippen molar-refractivity contribution in [2.24, 2.45) is 0 Å². The van der Waals surface area contributed by atoms with E-state index in [1.807, 2.05) is 29.2 Å². The Morgan fingerprint density at radius 2 is 1.93 bits per heavy atom. The molecule has 0 bridgehead atoms. The number of Topliss-reactive ketones (excluding diaryl/α,β-unsaturated/α-hetero) is 1. The van der Waals surface area contributed by atoms with Crippen LogP contribution in [0.25, 0.3) is 0 Å². The van der Waals surface area contributed by atoms with Gasteiger partial charge in [0.05, 0.1) is 24.7 Å². The van der Waals surface area contributed by atoms with Crippen molar-refractivity contribution in [2.45, 2.75) is 24.9 Å². The standard InChI is InChI=1S/C21H20BrNO4/c1-26-14-6-7-16-18(24)13-21(27-19(16)12-14)8-10-23(11-9-21)20(25)15-4-2-3-5-17(15)22/h2-7,12H,8-11,13H2,1H3. The highest BCUT2D eigenvalue weighted by Crippen LogP contribution is 2.41. The first-order valence-electron chi connectivity index (χ1n) is 8.95. The molecule has 2 heterocycles. The lowest BCUT2D eigenvalue weighted by Gasteiger charge is -2.44. The number of ether oxygens (including phenoxy) is 2. The van der Waals surface area contributed by atoms with Crippen LogP contribution in [0.3, 0.4) is 0 Å². The number of fused-ring (bicyclic) bond motifs is 1. The van der Waals surface area contributed by atoms with Gasteiger partial charge in [-0.05, 0) is 40.2 Å². The molecule has 1 fully saturated rings. The van der Waals surface area contributed by atoms with E-state index < -0.39 is 5.60 Å². The van der Waals surface area contributed by atoms with Crippen molar-refractivity contribution in [1.82, 2.24) is 4.90 Å². The molecule has 0 aromatic heterocycles. The van der Waals surface area contributed by atoms with Gasteiger partial charge in [-0.25, -0.2) is 0 Å². The fraction of sp³-hybridized carbons (Fsp3) is 0.333. The van der Waals surface area contributed by atoms with Crippen LogP contribution in [-0.2, 0) is 0 Å². The second-order valence-electron chi connectivity index (χ2n) is 7.02. The molecule has 2 aromatic rings. The number of methoxy groups -OCH3 is 1. The smallest absolute Gasteiger partial charge is 0.255 e. The second-order valence-corrected chi connectivity index (χ2v) is 7.87. The third-order valence-electron chi connectivity index (χ3n) is 5.36. The summed E-state index contributed by atoms with van der Waals surface area (Å²) in [5, 5.41) is 0. The Hall–Kier alpha value is -2.34. The summed E-state index contributed by atoms with van der Waals surface area (Å²) in [7, 11) is 1.59. The summed E-state index contributed by atoms with van der Waals surface area (Å²) in [4.78, 5) is 27.3. The summed E-state index contributed by atoms with van der Waals surface area (Å²) in [6.07, 6.45) is 1.61. The molecular weight excluding hydrogens is 410 g/mol. The zero-order valence-corrected chi connectivity index (χ0v) is 16.6. The molecular formula is C21H20BrNO4. The molecule has 0 saturated carbocycles. The number of amides is 1. The first kappa shape index (κ1) is 18.0. The van der Waals surface area contributed by atoms with Crippen LogP contribution in [0.2, 0.25) is 0 Å². The van der Waals surface area contributed by atoms with Crippen molar-refractivity contribution in [2.75, 3.05) is 20.2 Å². The summed E-state index contributed by atoms with van der Waals surface area (Å²) in [6, 6.07) is 12.7. The lowest BCUT2D eigenvalue weighted by molar-refractivity contribution is -0.00582. The Labute approximate surface area is 166 Å². The van der Waals surface area contributed by atoms with Crippen LogP contribution in [0.15, 0.2) is 46.9 Å². The molecule has 4 rings (SSSR count). The average Bonchev–Trinajstić information content (AvgIpc) is 2.68. The Bertz CT molecular complexity index is 903. The SMILES string of the molecule is COc1ccc2c(c1)OC1(CCN(C(=O)c3ccccc3Br)CC1)CC2=O. The Morgan fingerprint density at radius 1 is 1.19 bits per heavy atom. The number of piperidine rings is 1. The average molecular weight is 430 g/mol. The highest BCUT2D eigenvalue weighted by atomic mass is 79.9. The van der Waals surface area contributed by atoms with Crippen molar-refractivity contribution in [1.29, 1.82) is 0 Å². The van der Waals surface area contributed by atoms with Crippen molar-refractivity contribution >= 4 is 27.6 Å². The Morgan fingerprint density at radius 3 is 2.63 bits per heavy atom. The van der Waals surface area contributed by atoms with E-state index in [2.05, 4.69) is 15.9 Å². The highest BCUT2D eigenvalue weighted by molar-refractivity contribution is 9.10. The van der Waals surface area contributed by atoms with Gasteiger partial charge in [-0.2, -0.15) is 0 Å². The van der Waals surface area contributed by atoms with Gasteiger partial charge in [0.15, 0.2) is 5.78 Å². The molecule has 2 aliphatic heterocycles. The van der Waals surface area contributed by atoms with Gasteiger partial charge in [0.25, 0.3) is 5.91 Å². The first-order valence-corrected chi connectivity index (χ1v) is 9.75. The lowest BCUT2D eigenvalue weighted by Crippen LogP contribution is -2.52. The van der Waals surface area contributed by atoms with Crippen LogP contribution in [0.1, 0.15) is 40.0 Å². The number of carbonyl (C=O) groups is 2. The molecule has 5 nitrogen and oxygen atoms in total. The monoisotopic (exact) mass is 429 g/mol. The van der Waals surface area contributed by atoms with E-state index >= 15 is 0 Å². The van der Waals surface area contributed by atoms with E-state index in [0.717, 1.165) is 4.47 Å². The van der Waals surface area contributed by atoms with Crippen LogP contribution < -0.4 is 9.47 Å². The van der Waals surface area contributed by atoms with Gasteiger partial charge >= 0.3 is 0 Å². The quantitative estimate of drug-likeness (QED) is 0.720. The minimum atomic E-state index is -0.541. The summed E-state index contributed by atoms with van der Waals surface area (Å²) in [5.41, 5.74) is 0.721. The highest BCUT2D eigenvalue weighted by Gasteiger charge is 2.44. The molecule has 0 atom stereocenters. The first-order chi connectivity index (χ1) is 13.0. The number of hydrogen-bond acceptors (Lipinski definition) is 4. The van der Waals surface area contributed by atoms with E-state index in [-0.39, 0.29) is 11.7 Å². The predicted octanol–water partition coefficient (Wildman–Crippen LogP) is 4.10. The largest absolute Gasteiger partial charge is 0.497 e. The Kier molecular flexibility index (Phi) is 4.68. The van der Waals surface area contributed by atoms with E-state index in [1.54, 1.807) is 25.3 Å². The minimum absolute atomic E-state index is 0.00142. The summed E-state index contributed by atoms with van der Waals surface area (Å²) >= 11 is 3.44. The maximum Gasteiger partial charge on any atom is 0.255 e. The topological polar surface area (TPSA) is 55.8 Å². The maximum atomic E-state index is 12.8. The molecule has 140 valence electrons. The molecule has 1 saturated heterocycles. The molecule has 1 spiro atoms. The molecule has 0 unspecified atom stereocenters. The van der Waals surface area contributed by atoms with E-state index in [4.69, 9.17) is 9.47 Å². The van der Waals surface area contributed by atoms with Gasteiger partial charge in [0, 0.05) is 36.5 Å². The maximum absolute atomic E-state index is 12.8. The van der Waals surface area contributed by atoms with Gasteiger partial charge in [-0.15, -0.1) is 0 Å². The fourth-order valence-corrected chi connectivity index (χ4v) is 4.26. The number of carbonyl (C=O) groups excluding carboxylic acids is 2. The number of ketones is 1. The van der Waals surface area contributed by atoms with E-state index in [0.29, 0.717) is 55.0 Å². The number of rotatable bonds is 2. The van der Waals surface area contributed by atoms with Gasteiger partial charge in [0.1, 0.15) is 17.1 Å². The molecule has 2 aliphatic rings. The normalized spacial score (nSPS) is 18.0. The van der Waals surface area contributed by atoms with Gasteiger partial charge in [-0.3, -0.25) is 9.59 Å². The zero-order valence-electron chi connectivity index (χ0n) is 15.0. The number of halogens is 1. The third kappa shape index (κ3) is 3.34. The van der Waals surface area contributed by atoms with Crippen LogP contribution in [0.4, 0.5) is 0 Å². The van der Waals surface area contributed by atoms with Crippen LogP contribution in [0, 0.1) is 0 Å². The zero-order chi connectivity index (χ0) is 19.0. The molecule has 0 N–H and O–H groups in total. The molecule has 0 aliphatic carbocycles. The summed E-state index contributed by atoms with van der Waals surface area (Å²) in [5.74, 6) is 1.34. The van der Waals surface area contributed by atoms with Crippen LogP contribution in [0.5, 0.6) is 11.5 Å². The van der Waals surface area contributed by atoms with E-state index in [9.17, 15) is 9.59 Å². The van der Waals surface area contributed by atoms with Gasteiger partial charge in [0.2, 0.25) is 0 Å². The van der Waals surface area contributed by atoms with Crippen molar-refractivity contribution in [3.63, 3.8) is 0 Å². The predicted molar refractivity (Wildman–Crippen MR) is 105 cm³/mol. The van der Waals surface area contributed by atoms with Gasteiger partial charge < -0.3 is 14.4 Å². The van der Waals surface area contributed by atoms with Crippen LogP contribution >= 0.6 is 15.9 Å². The number of benzene rings is 2. The summed E-state index contributed by atoms with van der Waals surface area (Å²) < 4.78 is 12.3.